The van der Waals surface area contributed by atoms with E-state index in [1.54, 1.807) is 6.92 Å². The van der Waals surface area contributed by atoms with Crippen molar-refractivity contribution in [3.63, 3.8) is 0 Å². The first-order chi connectivity index (χ1) is 16.4. The van der Waals surface area contributed by atoms with Gasteiger partial charge < -0.3 is 19.5 Å². The maximum absolute atomic E-state index is 13.2. The van der Waals surface area contributed by atoms with Crippen LogP contribution in [0.4, 0.5) is 5.82 Å². The minimum Gasteiger partial charge on any atom is -0.476 e. The molecule has 0 amide bonds. The Labute approximate surface area is 207 Å². The van der Waals surface area contributed by atoms with E-state index in [2.05, 4.69) is 28.5 Å². The van der Waals surface area contributed by atoms with Crippen molar-refractivity contribution in [2.75, 3.05) is 24.6 Å². The number of carboxylic acid groups (broad SMARTS) is 1. The molecule has 3 heterocycles. The van der Waals surface area contributed by atoms with Gasteiger partial charge in [0.1, 0.15) is 5.82 Å². The van der Waals surface area contributed by atoms with Crippen LogP contribution in [0.2, 0.25) is 0 Å². The van der Waals surface area contributed by atoms with Gasteiger partial charge in [0.05, 0.1) is 17.8 Å². The number of ether oxygens (including phenoxy) is 2. The average molecular weight is 487 g/mol. The number of aromatic nitrogens is 3. The second-order valence-corrected chi connectivity index (χ2v) is 10.5. The largest absolute Gasteiger partial charge is 0.476 e. The van der Waals surface area contributed by atoms with Crippen molar-refractivity contribution in [1.82, 2.24) is 14.6 Å². The first kappa shape index (κ1) is 26.7. The van der Waals surface area contributed by atoms with E-state index in [0.29, 0.717) is 22.7 Å². The van der Waals surface area contributed by atoms with Crippen LogP contribution in [0.25, 0.3) is 5.65 Å². The van der Waals surface area contributed by atoms with E-state index in [-0.39, 0.29) is 17.7 Å². The number of piperidine rings is 1. The third-order valence-electron chi connectivity index (χ3n) is 6.48. The quantitative estimate of drug-likeness (QED) is 0.401. The number of esters is 1. The van der Waals surface area contributed by atoms with Crippen molar-refractivity contribution in [2.24, 2.45) is 5.41 Å². The molecule has 0 aromatic carbocycles. The van der Waals surface area contributed by atoms with Crippen LogP contribution in [0.15, 0.2) is 18.7 Å². The Morgan fingerprint density at radius 1 is 1.31 bits per heavy atom. The summed E-state index contributed by atoms with van der Waals surface area (Å²) in [5.41, 5.74) is 0.986. The monoisotopic (exact) mass is 486 g/mol. The number of allylic oxidation sites excluding steroid dienone is 1. The van der Waals surface area contributed by atoms with Crippen molar-refractivity contribution < 1.29 is 24.2 Å². The van der Waals surface area contributed by atoms with Gasteiger partial charge in [-0.25, -0.2) is 14.6 Å². The molecule has 35 heavy (non-hydrogen) atoms. The molecule has 2 aromatic rings. The van der Waals surface area contributed by atoms with Crippen molar-refractivity contribution in [3.05, 3.63) is 35.7 Å². The van der Waals surface area contributed by atoms with Crippen LogP contribution >= 0.6 is 0 Å². The maximum atomic E-state index is 13.2. The van der Waals surface area contributed by atoms with Crippen molar-refractivity contribution in [3.8, 4) is 0 Å². The molecule has 1 aliphatic heterocycles. The van der Waals surface area contributed by atoms with Crippen LogP contribution in [0.3, 0.4) is 0 Å². The van der Waals surface area contributed by atoms with Gasteiger partial charge in [-0.05, 0) is 65.7 Å². The maximum Gasteiger partial charge on any atom is 0.356 e. The van der Waals surface area contributed by atoms with E-state index in [0.717, 1.165) is 38.8 Å². The molecule has 1 aliphatic rings. The van der Waals surface area contributed by atoms with Crippen molar-refractivity contribution >= 4 is 23.4 Å². The van der Waals surface area contributed by atoms with Gasteiger partial charge in [-0.3, -0.25) is 0 Å². The number of hydrogen-bond acceptors (Lipinski definition) is 7. The predicted molar refractivity (Wildman–Crippen MR) is 134 cm³/mol. The van der Waals surface area contributed by atoms with Crippen LogP contribution in [0.1, 0.15) is 88.2 Å². The SMILES string of the molecule is C=CCCC1(C)CCN(c2c(C(OC(C)(C)C)C(=O)OCC)c(C)nc3cc(C(=O)O)nn23)CC1. The number of nitrogens with zero attached hydrogens (tertiary/aromatic N) is 4. The Morgan fingerprint density at radius 2 is 1.97 bits per heavy atom. The number of rotatable bonds is 9. The summed E-state index contributed by atoms with van der Waals surface area (Å²) in [6, 6.07) is 1.45. The minimum atomic E-state index is -1.14. The summed E-state index contributed by atoms with van der Waals surface area (Å²) in [6.07, 6.45) is 4.84. The lowest BCUT2D eigenvalue weighted by Gasteiger charge is -2.41. The fourth-order valence-corrected chi connectivity index (χ4v) is 4.59. The molecule has 1 N–H and O–H groups in total. The van der Waals surface area contributed by atoms with Gasteiger partial charge in [-0.15, -0.1) is 6.58 Å². The summed E-state index contributed by atoms with van der Waals surface area (Å²) < 4.78 is 13.2. The summed E-state index contributed by atoms with van der Waals surface area (Å²) >= 11 is 0. The van der Waals surface area contributed by atoms with Crippen LogP contribution in [0.5, 0.6) is 0 Å². The molecule has 0 bridgehead atoms. The fourth-order valence-electron chi connectivity index (χ4n) is 4.59. The molecule has 1 unspecified atom stereocenters. The summed E-state index contributed by atoms with van der Waals surface area (Å²) in [5, 5.41) is 13.9. The van der Waals surface area contributed by atoms with Gasteiger partial charge in [-0.1, -0.05) is 13.0 Å². The number of carboxylic acids is 1. The van der Waals surface area contributed by atoms with Crippen molar-refractivity contribution in [2.45, 2.75) is 78.9 Å². The van der Waals surface area contributed by atoms with Crippen LogP contribution in [-0.2, 0) is 14.3 Å². The van der Waals surface area contributed by atoms with Gasteiger partial charge in [-0.2, -0.15) is 9.61 Å². The normalized spacial score (nSPS) is 16.8. The van der Waals surface area contributed by atoms with E-state index in [9.17, 15) is 14.7 Å². The number of fused-ring (bicyclic) bond motifs is 1. The number of anilines is 1. The lowest BCUT2D eigenvalue weighted by molar-refractivity contribution is -0.166. The van der Waals surface area contributed by atoms with E-state index >= 15 is 0 Å². The number of aromatic carboxylic acids is 1. The fraction of sp³-hybridized carbons (Fsp3) is 0.615. The van der Waals surface area contributed by atoms with Crippen LogP contribution < -0.4 is 4.90 Å². The van der Waals surface area contributed by atoms with E-state index in [1.807, 2.05) is 33.8 Å². The number of aryl methyl sites for hydroxylation is 1. The molecule has 3 rings (SSSR count). The van der Waals surface area contributed by atoms with Gasteiger partial charge in [0.2, 0.25) is 0 Å². The molecule has 1 saturated heterocycles. The standard InChI is InChI=1S/C26H38N4O5/c1-8-10-11-26(7)12-14-29(15-13-26)22-20(21(24(33)34-9-2)35-25(4,5)6)17(3)27-19-16-18(23(31)32)28-30(19)22/h8,16,21H,1,9-15H2,2-7H3,(H,31,32). The summed E-state index contributed by atoms with van der Waals surface area (Å²) in [4.78, 5) is 31.6. The molecule has 9 nitrogen and oxygen atoms in total. The Kier molecular flexibility index (Phi) is 7.89. The molecular weight excluding hydrogens is 448 g/mol. The third-order valence-corrected chi connectivity index (χ3v) is 6.48. The second kappa shape index (κ2) is 10.4. The van der Waals surface area contributed by atoms with E-state index in [1.165, 1.54) is 10.6 Å². The molecule has 0 aliphatic carbocycles. The smallest absolute Gasteiger partial charge is 0.356 e. The third kappa shape index (κ3) is 6.01. The molecule has 1 atom stereocenters. The molecule has 0 radical (unpaired) electrons. The van der Waals surface area contributed by atoms with Gasteiger partial charge in [0.25, 0.3) is 0 Å². The zero-order valence-corrected chi connectivity index (χ0v) is 21.8. The molecular formula is C26H38N4O5. The molecule has 9 heteroatoms. The van der Waals surface area contributed by atoms with Gasteiger partial charge in [0.15, 0.2) is 17.4 Å². The Bertz CT molecular complexity index is 1090. The molecule has 0 saturated carbocycles. The van der Waals surface area contributed by atoms with Gasteiger partial charge >= 0.3 is 11.9 Å². The molecule has 192 valence electrons. The van der Waals surface area contributed by atoms with Crippen LogP contribution in [-0.4, -0.2) is 56.9 Å². The average Bonchev–Trinajstić information content (AvgIpc) is 3.20. The summed E-state index contributed by atoms with van der Waals surface area (Å²) in [6.45, 7) is 17.0. The highest BCUT2D eigenvalue weighted by molar-refractivity contribution is 5.87. The zero-order chi connectivity index (χ0) is 26.0. The highest BCUT2D eigenvalue weighted by Gasteiger charge is 2.38. The zero-order valence-electron chi connectivity index (χ0n) is 21.8. The summed E-state index contributed by atoms with van der Waals surface area (Å²) in [7, 11) is 0. The first-order valence-electron chi connectivity index (χ1n) is 12.2. The Hall–Kier alpha value is -2.94. The predicted octanol–water partition coefficient (Wildman–Crippen LogP) is 4.73. The highest BCUT2D eigenvalue weighted by atomic mass is 16.6. The number of hydrogen-bond donors (Lipinski definition) is 1. The van der Waals surface area contributed by atoms with Crippen molar-refractivity contribution in [1.29, 1.82) is 0 Å². The molecule has 1 fully saturated rings. The first-order valence-corrected chi connectivity index (χ1v) is 12.2. The van der Waals surface area contributed by atoms with E-state index < -0.39 is 23.6 Å². The number of carbonyl (C=O) groups is 2. The lowest BCUT2D eigenvalue weighted by atomic mass is 9.76. The Morgan fingerprint density at radius 3 is 2.51 bits per heavy atom. The van der Waals surface area contributed by atoms with E-state index in [4.69, 9.17) is 9.47 Å². The highest BCUT2D eigenvalue weighted by Crippen LogP contribution is 2.41. The number of carbonyl (C=O) groups excluding carboxylic acids is 1. The second-order valence-electron chi connectivity index (χ2n) is 10.5. The molecule has 2 aromatic heterocycles. The van der Waals surface area contributed by atoms with Gasteiger partial charge in [0, 0.05) is 24.8 Å². The lowest BCUT2D eigenvalue weighted by Crippen LogP contribution is -2.41. The Balaban J connectivity index is 2.18. The summed E-state index contributed by atoms with van der Waals surface area (Å²) in [5.74, 6) is -1.01. The minimum absolute atomic E-state index is 0.104. The topological polar surface area (TPSA) is 106 Å². The molecule has 0 spiro atoms. The van der Waals surface area contributed by atoms with Crippen LogP contribution in [0, 0.1) is 12.3 Å².